The average molecular weight is 647 g/mol. The fourth-order valence-corrected chi connectivity index (χ4v) is 9.52. The zero-order valence-corrected chi connectivity index (χ0v) is 30.0. The van der Waals surface area contributed by atoms with Gasteiger partial charge < -0.3 is 0 Å². The van der Waals surface area contributed by atoms with Crippen molar-refractivity contribution in [2.75, 3.05) is 0 Å². The van der Waals surface area contributed by atoms with Crippen LogP contribution in [-0.2, 0) is 0 Å². The Bertz CT molecular complexity index is 756. The topological polar surface area (TPSA) is 0 Å². The van der Waals surface area contributed by atoms with Gasteiger partial charge in [0.25, 0.3) is 0 Å². The standard InChI is InChI=1S/C24H27F.Ra.Rb.H/c25-24-17-22(19-9-5-2-6-10-19)15-16-23(24)21-13-11-20(12-14-21)18-7-3-1-4-8-18;;;/h1-2,11-19H,3-10H2;;;. The Morgan fingerprint density at radius 1 is 0.741 bits per heavy atom. The SMILES string of the molecule is Fc1cc(C2CC[CH]([RaH])CC2)ccc1-c1ccc(C2CC[CH]([Rb])CC2)cc1. The summed E-state index contributed by atoms with van der Waals surface area (Å²) in [7, 11) is 0. The molecule has 0 spiro atoms. The molecule has 2 aliphatic rings. The predicted molar refractivity (Wildman–Crippen MR) is 109 cm³/mol. The van der Waals surface area contributed by atoms with Crippen LogP contribution in [0.1, 0.15) is 74.3 Å². The molecule has 0 radical (unpaired) electrons. The maximum absolute atomic E-state index is 14.9. The second-order valence-corrected chi connectivity index (χ2v) is 20.0. The van der Waals surface area contributed by atoms with E-state index in [9.17, 15) is 4.39 Å². The second-order valence-electron chi connectivity index (χ2n) is 9.27. The van der Waals surface area contributed by atoms with E-state index >= 15 is 0 Å². The average Bonchev–Trinajstić information content (AvgIpc) is 2.69. The predicted octanol–water partition coefficient (Wildman–Crippen LogP) is 6.84. The molecule has 0 heterocycles. The van der Waals surface area contributed by atoms with E-state index in [2.05, 4.69) is 30.3 Å². The van der Waals surface area contributed by atoms with E-state index in [-0.39, 0.29) is 5.82 Å². The summed E-state index contributed by atoms with van der Waals surface area (Å²) in [6, 6.07) is 14.8. The first kappa shape index (κ1) is 21.9. The summed E-state index contributed by atoms with van der Waals surface area (Å²) >= 11 is 1.47. The Morgan fingerprint density at radius 3 is 1.93 bits per heavy atom. The van der Waals surface area contributed by atoms with Crippen LogP contribution in [-0.4, -0.2) is 55.5 Å². The summed E-state index contributed by atoms with van der Waals surface area (Å²) in [5.41, 5.74) is 4.47. The maximum atomic E-state index is 14.9. The summed E-state index contributed by atoms with van der Waals surface area (Å²) in [5.74, 6) is 1.27. The van der Waals surface area contributed by atoms with Gasteiger partial charge in [-0.3, -0.25) is 0 Å². The second kappa shape index (κ2) is 10.3. The van der Waals surface area contributed by atoms with Crippen molar-refractivity contribution in [3.63, 3.8) is 0 Å². The van der Waals surface area contributed by atoms with E-state index in [0.717, 1.165) is 72.5 Å². The van der Waals surface area contributed by atoms with Crippen LogP contribution in [0.4, 0.5) is 4.39 Å². The summed E-state index contributed by atoms with van der Waals surface area (Å²) in [4.78, 5) is 0. The molecule has 2 aromatic carbocycles. The summed E-state index contributed by atoms with van der Waals surface area (Å²) in [5, 5.41) is 0. The quantitative estimate of drug-likeness (QED) is 0.343. The fourth-order valence-electron chi connectivity index (χ4n) is 5.14. The van der Waals surface area contributed by atoms with E-state index in [4.69, 9.17) is 0 Å². The van der Waals surface area contributed by atoms with Gasteiger partial charge in [-0.15, -0.1) is 0 Å². The van der Waals surface area contributed by atoms with Gasteiger partial charge in [0.05, 0.1) is 0 Å². The number of benzene rings is 2. The van der Waals surface area contributed by atoms with Crippen molar-refractivity contribution < 1.29 is 47.2 Å². The third-order valence-corrected chi connectivity index (χ3v) is 14.8. The van der Waals surface area contributed by atoms with Crippen LogP contribution in [0.5, 0.6) is 0 Å². The Kier molecular flexibility index (Phi) is 8.34. The summed E-state index contributed by atoms with van der Waals surface area (Å²) < 4.78 is 17.0. The molecule has 0 aromatic heterocycles. The molecule has 2 aromatic rings. The van der Waals surface area contributed by atoms with Crippen LogP contribution in [0.2, 0.25) is -0.0546 Å². The van der Waals surface area contributed by atoms with E-state index in [1.165, 1.54) is 62.5 Å². The van der Waals surface area contributed by atoms with Gasteiger partial charge in [0.1, 0.15) is 0 Å². The van der Waals surface area contributed by atoms with E-state index < -0.39 is 0 Å². The molecule has 0 amide bonds. The van der Waals surface area contributed by atoms with E-state index in [0.29, 0.717) is 48.7 Å². The molecule has 134 valence electrons. The van der Waals surface area contributed by atoms with Crippen molar-refractivity contribution >= 4 is 55.5 Å². The first-order chi connectivity index (χ1) is 13.1. The third kappa shape index (κ3) is 5.67. The molecule has 0 N–H and O–H groups in total. The molecule has 0 atom stereocenters. The van der Waals surface area contributed by atoms with Crippen LogP contribution in [0.25, 0.3) is 11.1 Å². The van der Waals surface area contributed by atoms with E-state index in [1.54, 1.807) is 0 Å². The van der Waals surface area contributed by atoms with Gasteiger partial charge in [-0.05, 0) is 0 Å². The molecular weight excluding hydrogens is 619 g/mol. The summed E-state index contributed by atoms with van der Waals surface area (Å²) in [6.07, 6.45) is 10.9. The molecule has 2 saturated carbocycles. The number of hydrogen-bond donors (Lipinski definition) is 0. The Labute approximate surface area is 231 Å². The van der Waals surface area contributed by atoms with Crippen molar-refractivity contribution in [1.29, 1.82) is 0 Å². The van der Waals surface area contributed by atoms with Gasteiger partial charge in [-0.2, -0.15) is 0 Å². The molecule has 2 fully saturated rings. The van der Waals surface area contributed by atoms with Crippen LogP contribution in [0.3, 0.4) is 0 Å². The molecule has 0 unspecified atom stereocenters. The van der Waals surface area contributed by atoms with Gasteiger partial charge >= 0.3 is 236 Å². The molecule has 0 aliphatic heterocycles. The minimum absolute atomic E-state index is 0.0432. The van der Waals surface area contributed by atoms with Gasteiger partial charge in [0.2, 0.25) is 0 Å². The van der Waals surface area contributed by atoms with Crippen LogP contribution in [0, 0.1) is 48.6 Å². The molecule has 2 aliphatic carbocycles. The molecule has 3 heteroatoms. The normalized spacial score (nSPS) is 28.8. The van der Waals surface area contributed by atoms with Crippen molar-refractivity contribution in [3.05, 3.63) is 59.4 Å². The Balaban J connectivity index is 1.48. The Hall–Kier alpha value is 1.64. The molecule has 27 heavy (non-hydrogen) atoms. The molecule has 4 rings (SSSR count). The third-order valence-electron chi connectivity index (χ3n) is 7.19. The first-order valence-corrected chi connectivity index (χ1v) is 18.6. The molecule has 0 saturated heterocycles. The van der Waals surface area contributed by atoms with Crippen LogP contribution in [0.15, 0.2) is 42.5 Å². The van der Waals surface area contributed by atoms with Crippen molar-refractivity contribution in [2.24, 2.45) is 0 Å². The number of rotatable bonds is 3. The van der Waals surface area contributed by atoms with Crippen molar-refractivity contribution in [2.45, 2.75) is 63.1 Å². The summed E-state index contributed by atoms with van der Waals surface area (Å²) in [6.45, 7) is 0. The first-order valence-electron chi connectivity index (χ1n) is 11.0. The monoisotopic (exact) mass is 646 g/mol. The molecule has 0 nitrogen and oxygen atoms in total. The zero-order valence-electron chi connectivity index (χ0n) is 16.9. The molecular formula is C24H28FRaRb. The van der Waals surface area contributed by atoms with Crippen LogP contribution >= 0.6 is 0 Å². The van der Waals surface area contributed by atoms with E-state index in [1.807, 2.05) is 12.1 Å². The zero-order chi connectivity index (χ0) is 18.8. The van der Waals surface area contributed by atoms with Crippen LogP contribution < -0.4 is 0 Å². The minimum atomic E-state index is -0.0432. The van der Waals surface area contributed by atoms with Gasteiger partial charge in [-0.1, -0.05) is 0 Å². The van der Waals surface area contributed by atoms with Gasteiger partial charge in [0, 0.05) is 0 Å². The van der Waals surface area contributed by atoms with Crippen molar-refractivity contribution in [3.8, 4) is 11.1 Å². The number of halogens is 1. The molecule has 0 bridgehead atoms. The Morgan fingerprint density at radius 2 is 1.30 bits per heavy atom. The fraction of sp³-hybridized carbons (Fsp3) is 0.500. The number of hydrogen-bond acceptors (Lipinski definition) is 0. The van der Waals surface area contributed by atoms with Gasteiger partial charge in [0.15, 0.2) is 0 Å². The van der Waals surface area contributed by atoms with Gasteiger partial charge in [-0.25, -0.2) is 0 Å². The van der Waals surface area contributed by atoms with Crippen molar-refractivity contribution in [1.82, 2.24) is 0 Å².